The predicted molar refractivity (Wildman–Crippen MR) is 176 cm³/mol. The minimum atomic E-state index is -5.05. The largest absolute Gasteiger partial charge is 0.471 e. The van der Waals surface area contributed by atoms with E-state index in [0.29, 0.717) is 12.4 Å². The number of hydrogen-bond acceptors (Lipinski definition) is 10. The van der Waals surface area contributed by atoms with E-state index in [0.717, 1.165) is 51.6 Å². The second kappa shape index (κ2) is 11.0. The maximum atomic E-state index is 16.9. The lowest BCUT2D eigenvalue weighted by molar-refractivity contribution is -0.137. The maximum absolute atomic E-state index is 16.9. The number of carbonyl (C=O) groups is 1. The zero-order valence-electron chi connectivity index (χ0n) is 28.7. The standard InChI is InChI=1S/C35H39F5N8O3/c1-14-24(35(38,39)40)20(11-22(41)25(14)36)27-26(37)28-23-30(48-12-17-10-21-29(42-17)34(21,48)15(2)51-31(23)43-27)45-33(44-28)50-13-19-6-5-18-9-16(7-8-47(18)19)32(49)46(3)4/h11,15-19,21,29,42H,5-10,12-13,41H2,1-4H3/t15-,16+,17+,18-,19-,21?,29-,34?/m0/s1. The highest BCUT2D eigenvalue weighted by molar-refractivity contribution is 5.98. The zero-order chi connectivity index (χ0) is 35.9. The van der Waals surface area contributed by atoms with Crippen molar-refractivity contribution < 1.29 is 36.2 Å². The number of piperazine rings is 1. The lowest BCUT2D eigenvalue weighted by atomic mass is 9.90. The molecule has 0 radical (unpaired) electrons. The van der Waals surface area contributed by atoms with Gasteiger partial charge in [0.1, 0.15) is 40.9 Å². The van der Waals surface area contributed by atoms with E-state index in [9.17, 15) is 22.4 Å². The van der Waals surface area contributed by atoms with Crippen molar-refractivity contribution in [3.05, 3.63) is 28.8 Å². The minimum absolute atomic E-state index is 0.0195. The van der Waals surface area contributed by atoms with Gasteiger partial charge >= 0.3 is 12.2 Å². The van der Waals surface area contributed by atoms with Crippen molar-refractivity contribution in [3.63, 3.8) is 0 Å². The summed E-state index contributed by atoms with van der Waals surface area (Å²) in [4.78, 5) is 32.5. The van der Waals surface area contributed by atoms with E-state index in [1.54, 1.807) is 19.0 Å². The Bertz CT molecular complexity index is 1980. The van der Waals surface area contributed by atoms with Crippen LogP contribution in [-0.4, -0.2) is 100 Å². The summed E-state index contributed by atoms with van der Waals surface area (Å²) >= 11 is 0. The number of amides is 1. The third kappa shape index (κ3) is 4.60. The van der Waals surface area contributed by atoms with Crippen LogP contribution in [0.2, 0.25) is 0 Å². The number of nitrogen functional groups attached to an aromatic ring is 1. The Balaban J connectivity index is 1.14. The van der Waals surface area contributed by atoms with Crippen LogP contribution in [0, 0.1) is 30.4 Å². The fourth-order valence-electron chi connectivity index (χ4n) is 10.2. The van der Waals surface area contributed by atoms with Gasteiger partial charge < -0.3 is 30.3 Å². The van der Waals surface area contributed by atoms with E-state index in [4.69, 9.17) is 20.2 Å². The molecule has 7 aliphatic rings. The summed E-state index contributed by atoms with van der Waals surface area (Å²) in [6, 6.07) is 1.18. The highest BCUT2D eigenvalue weighted by Crippen LogP contribution is 2.64. The molecule has 11 nitrogen and oxygen atoms in total. The number of ether oxygens (including phenoxy) is 2. The summed E-state index contributed by atoms with van der Waals surface area (Å²) < 4.78 is 87.9. The number of fused-ring (bicyclic) bond motifs is 1. The summed E-state index contributed by atoms with van der Waals surface area (Å²) in [5.41, 5.74) is 0.850. The van der Waals surface area contributed by atoms with Gasteiger partial charge in [0.05, 0.1) is 16.8 Å². The second-order valence-electron chi connectivity index (χ2n) is 15.3. The monoisotopic (exact) mass is 714 g/mol. The van der Waals surface area contributed by atoms with Crippen LogP contribution in [0.3, 0.4) is 0 Å². The molecule has 8 heterocycles. The quantitative estimate of drug-likeness (QED) is 0.293. The fraction of sp³-hybridized carbons (Fsp3) is 0.600. The number of hydrogen-bond donors (Lipinski definition) is 2. The highest BCUT2D eigenvalue weighted by atomic mass is 19.4. The van der Waals surface area contributed by atoms with Crippen LogP contribution in [0.25, 0.3) is 22.2 Å². The van der Waals surface area contributed by atoms with E-state index in [2.05, 4.69) is 25.1 Å². The van der Waals surface area contributed by atoms with Crippen molar-refractivity contribution in [2.75, 3.05) is 44.4 Å². The first kappa shape index (κ1) is 32.8. The van der Waals surface area contributed by atoms with Crippen LogP contribution in [-0.2, 0) is 11.0 Å². The molecule has 2 aromatic heterocycles. The normalized spacial score (nSPS) is 31.9. The molecule has 4 bridgehead atoms. The molecule has 1 aliphatic carbocycles. The van der Waals surface area contributed by atoms with Crippen LogP contribution in [0.5, 0.6) is 11.9 Å². The summed E-state index contributed by atoms with van der Waals surface area (Å²) in [5.74, 6) is -1.78. The van der Waals surface area contributed by atoms with E-state index >= 15 is 4.39 Å². The number of pyridine rings is 1. The van der Waals surface area contributed by atoms with Crippen LogP contribution < -0.4 is 25.4 Å². The van der Waals surface area contributed by atoms with Gasteiger partial charge in [0.25, 0.3) is 0 Å². The molecule has 10 rings (SSSR count). The molecular weight excluding hydrogens is 675 g/mol. The number of halogens is 5. The summed E-state index contributed by atoms with van der Waals surface area (Å²) in [5, 5.41) is 3.80. The Morgan fingerprint density at radius 1 is 1.16 bits per heavy atom. The van der Waals surface area contributed by atoms with Crippen molar-refractivity contribution in [2.24, 2.45) is 11.8 Å². The maximum Gasteiger partial charge on any atom is 0.417 e. The van der Waals surface area contributed by atoms with Gasteiger partial charge in [0, 0.05) is 62.2 Å². The number of nitrogens with zero attached hydrogens (tertiary/aromatic N) is 6. The number of carbonyl (C=O) groups excluding carboxylic acids is 1. The van der Waals surface area contributed by atoms with Crippen LogP contribution in [0.1, 0.15) is 50.2 Å². The predicted octanol–water partition coefficient (Wildman–Crippen LogP) is 4.29. The molecule has 272 valence electrons. The van der Waals surface area contributed by atoms with Crippen molar-refractivity contribution in [1.29, 1.82) is 0 Å². The third-order valence-corrected chi connectivity index (χ3v) is 12.4. The first-order chi connectivity index (χ1) is 24.2. The number of benzene rings is 1. The molecule has 1 saturated carbocycles. The lowest BCUT2D eigenvalue weighted by Gasteiger charge is -2.45. The molecule has 3 N–H and O–H groups in total. The number of anilines is 2. The van der Waals surface area contributed by atoms with Gasteiger partial charge in [-0.3, -0.25) is 9.69 Å². The Hall–Kier alpha value is -4.05. The minimum Gasteiger partial charge on any atom is -0.471 e. The average molecular weight is 715 g/mol. The second-order valence-corrected chi connectivity index (χ2v) is 15.3. The molecule has 16 heteroatoms. The summed E-state index contributed by atoms with van der Waals surface area (Å²) in [6.45, 7) is 4.35. The molecular formula is C35H39F5N8O3. The summed E-state index contributed by atoms with van der Waals surface area (Å²) in [7, 11) is 3.55. The topological polar surface area (TPSA) is 122 Å². The molecule has 6 fully saturated rings. The van der Waals surface area contributed by atoms with E-state index < -0.39 is 57.5 Å². The Morgan fingerprint density at radius 3 is 2.65 bits per heavy atom. The first-order valence-corrected chi connectivity index (χ1v) is 17.6. The zero-order valence-corrected chi connectivity index (χ0v) is 28.7. The number of nitrogens with one attached hydrogen (secondary N) is 1. The van der Waals surface area contributed by atoms with Gasteiger partial charge in [-0.05, 0) is 64.1 Å². The first-order valence-electron chi connectivity index (χ1n) is 17.6. The summed E-state index contributed by atoms with van der Waals surface area (Å²) in [6.07, 6.45) is -1.35. The number of alkyl halides is 3. The van der Waals surface area contributed by atoms with E-state index in [-0.39, 0.29) is 71.3 Å². The molecule has 5 saturated heterocycles. The molecule has 1 amide bonds. The SMILES string of the molecule is Cc1c(F)c(N)cc(-c2nc3c4c(nc(OC[C@@H]5CC[C@H]6C[C@H](C(=O)N(C)C)CCN56)nc4c2F)N2C[C@H]4CC5[C@H](N4)C52[C@H](C)O3)c1C(F)(F)F. The molecule has 1 spiro atoms. The number of nitrogens with two attached hydrogens (primary N) is 1. The molecule has 8 atom stereocenters. The molecule has 3 aromatic rings. The molecule has 6 aliphatic heterocycles. The van der Waals surface area contributed by atoms with Gasteiger partial charge in [-0.2, -0.15) is 23.1 Å². The van der Waals surface area contributed by atoms with Gasteiger partial charge in [-0.15, -0.1) is 0 Å². The van der Waals surface area contributed by atoms with Gasteiger partial charge in [-0.25, -0.2) is 13.8 Å². The van der Waals surface area contributed by atoms with Gasteiger partial charge in [0.15, 0.2) is 5.82 Å². The highest BCUT2D eigenvalue weighted by Gasteiger charge is 2.78. The van der Waals surface area contributed by atoms with Crippen LogP contribution in [0.4, 0.5) is 33.5 Å². The van der Waals surface area contributed by atoms with Crippen molar-refractivity contribution in [1.82, 2.24) is 30.1 Å². The van der Waals surface area contributed by atoms with Crippen LogP contribution >= 0.6 is 0 Å². The van der Waals surface area contributed by atoms with Crippen LogP contribution in [0.15, 0.2) is 6.07 Å². The van der Waals surface area contributed by atoms with Gasteiger partial charge in [-0.1, -0.05) is 0 Å². The Labute approximate surface area is 290 Å². The smallest absolute Gasteiger partial charge is 0.417 e. The third-order valence-electron chi connectivity index (χ3n) is 12.4. The molecule has 2 unspecified atom stereocenters. The number of piperidine rings is 3. The van der Waals surface area contributed by atoms with Crippen molar-refractivity contribution in [3.8, 4) is 23.1 Å². The van der Waals surface area contributed by atoms with Gasteiger partial charge in [0.2, 0.25) is 11.8 Å². The van der Waals surface area contributed by atoms with Crippen molar-refractivity contribution in [2.45, 2.75) is 87.9 Å². The number of aromatic nitrogens is 3. The van der Waals surface area contributed by atoms with E-state index in [1.165, 1.54) is 0 Å². The fourth-order valence-corrected chi connectivity index (χ4v) is 10.2. The Kier molecular flexibility index (Phi) is 7.07. The molecule has 51 heavy (non-hydrogen) atoms. The van der Waals surface area contributed by atoms with E-state index in [1.807, 2.05) is 6.92 Å². The lowest BCUT2D eigenvalue weighted by Crippen LogP contribution is -2.63. The van der Waals surface area contributed by atoms with Crippen molar-refractivity contribution >= 4 is 28.3 Å². The Morgan fingerprint density at radius 2 is 1.94 bits per heavy atom. The molecule has 1 aromatic carbocycles. The average Bonchev–Trinajstić information content (AvgIpc) is 3.36. The number of rotatable bonds is 5.